The lowest BCUT2D eigenvalue weighted by atomic mass is 9.99. The maximum Gasteiger partial charge on any atom is 0.243 e. The van der Waals surface area contributed by atoms with Crippen LogP contribution in [0, 0.1) is 16.7 Å². The number of carbonyl (C=O) groups excluding carboxylic acids is 1. The second-order valence-corrected chi connectivity index (χ2v) is 9.01. The Kier molecular flexibility index (Phi) is 5.13. The summed E-state index contributed by atoms with van der Waals surface area (Å²) in [6.07, 6.45) is 0. The summed E-state index contributed by atoms with van der Waals surface area (Å²) < 4.78 is 5.30. The van der Waals surface area contributed by atoms with Crippen LogP contribution in [0.1, 0.15) is 4.88 Å². The van der Waals surface area contributed by atoms with Gasteiger partial charge in [0.2, 0.25) is 5.91 Å². The lowest BCUT2D eigenvalue weighted by molar-refractivity contribution is -0.115. The number of fused-ring (bicyclic) bond motifs is 1. The van der Waals surface area contributed by atoms with Crippen LogP contribution in [0.2, 0.25) is 0 Å². The van der Waals surface area contributed by atoms with E-state index in [1.807, 2.05) is 60.7 Å². The number of anilines is 1. The number of amidine groups is 1. The maximum atomic E-state index is 12.6. The number of nitrogens with zero attached hydrogens (tertiary/aromatic N) is 3. The van der Waals surface area contributed by atoms with Gasteiger partial charge in [-0.3, -0.25) is 15.1 Å². The number of nitrogens with one attached hydrogen (secondary N) is 1. The number of hydrogen-bond donors (Lipinski definition) is 1. The topological polar surface area (TPSA) is 90.1 Å². The van der Waals surface area contributed by atoms with Crippen molar-refractivity contribution in [1.29, 1.82) is 10.7 Å². The van der Waals surface area contributed by atoms with Crippen LogP contribution in [0.5, 0.6) is 5.75 Å². The first-order valence-electron chi connectivity index (χ1n) is 9.72. The highest BCUT2D eigenvalue weighted by atomic mass is 32.2. The highest BCUT2D eigenvalue weighted by molar-refractivity contribution is 8.15. The summed E-state index contributed by atoms with van der Waals surface area (Å²) in [7, 11) is 1.62. The molecule has 1 fully saturated rings. The standard InChI is InChI=1S/C24H16N4O2S2/c1-30-16-9-7-14(8-10-16)17-11-18(15-5-3-2-4-6-15)27-23-21(17)22(19(12-25)32-23)28-20(29)13-31-24(28)26/h2-11,26H,13H2,1H3. The molecule has 0 atom stereocenters. The van der Waals surface area contributed by atoms with E-state index in [1.165, 1.54) is 16.2 Å². The molecule has 156 valence electrons. The molecule has 0 aliphatic carbocycles. The normalized spacial score (nSPS) is 13.6. The van der Waals surface area contributed by atoms with Crippen molar-refractivity contribution in [2.24, 2.45) is 0 Å². The molecule has 1 saturated heterocycles. The van der Waals surface area contributed by atoms with Crippen LogP contribution >= 0.6 is 23.1 Å². The molecule has 0 unspecified atom stereocenters. The number of benzene rings is 2. The molecule has 1 aliphatic heterocycles. The smallest absolute Gasteiger partial charge is 0.243 e. The van der Waals surface area contributed by atoms with Crippen LogP contribution in [0.4, 0.5) is 5.69 Å². The van der Waals surface area contributed by atoms with Crippen molar-refractivity contribution in [3.05, 3.63) is 65.5 Å². The van der Waals surface area contributed by atoms with E-state index in [4.69, 9.17) is 15.1 Å². The molecule has 32 heavy (non-hydrogen) atoms. The Morgan fingerprint density at radius 3 is 2.50 bits per heavy atom. The van der Waals surface area contributed by atoms with Gasteiger partial charge in [0.25, 0.3) is 0 Å². The van der Waals surface area contributed by atoms with Gasteiger partial charge in [0.05, 0.1) is 24.2 Å². The molecule has 5 rings (SSSR count). The van der Waals surface area contributed by atoms with Gasteiger partial charge < -0.3 is 4.74 Å². The number of rotatable bonds is 4. The van der Waals surface area contributed by atoms with Crippen LogP contribution in [-0.4, -0.2) is 28.9 Å². The third-order valence-corrected chi connectivity index (χ3v) is 7.04. The van der Waals surface area contributed by atoms with Crippen molar-refractivity contribution >= 4 is 50.1 Å². The molecule has 8 heteroatoms. The molecule has 2 aromatic carbocycles. The Morgan fingerprint density at radius 2 is 1.88 bits per heavy atom. The third kappa shape index (κ3) is 3.32. The average Bonchev–Trinajstić information content (AvgIpc) is 3.37. The molecule has 4 aromatic rings. The van der Waals surface area contributed by atoms with Crippen molar-refractivity contribution in [3.63, 3.8) is 0 Å². The number of carbonyl (C=O) groups is 1. The summed E-state index contributed by atoms with van der Waals surface area (Å²) in [6.45, 7) is 0. The van der Waals surface area contributed by atoms with E-state index in [1.54, 1.807) is 7.11 Å². The van der Waals surface area contributed by atoms with E-state index in [-0.39, 0.29) is 16.8 Å². The average molecular weight is 457 g/mol. The predicted molar refractivity (Wildman–Crippen MR) is 129 cm³/mol. The van der Waals surface area contributed by atoms with Gasteiger partial charge in [-0.15, -0.1) is 11.3 Å². The van der Waals surface area contributed by atoms with E-state index in [0.717, 1.165) is 39.9 Å². The molecule has 0 spiro atoms. The number of pyridine rings is 1. The zero-order chi connectivity index (χ0) is 22.2. The quantitative estimate of drug-likeness (QED) is 0.436. The Bertz CT molecular complexity index is 1390. The molecule has 1 amide bonds. The van der Waals surface area contributed by atoms with Crippen molar-refractivity contribution in [1.82, 2.24) is 4.98 Å². The fraction of sp³-hybridized carbons (Fsp3) is 0.0833. The van der Waals surface area contributed by atoms with E-state index < -0.39 is 0 Å². The lowest BCUT2D eigenvalue weighted by Gasteiger charge is -2.17. The number of nitriles is 1. The first-order chi connectivity index (χ1) is 15.6. The zero-order valence-corrected chi connectivity index (χ0v) is 18.6. The number of methoxy groups -OCH3 is 1. The van der Waals surface area contributed by atoms with Gasteiger partial charge in [-0.25, -0.2) is 4.98 Å². The van der Waals surface area contributed by atoms with Crippen molar-refractivity contribution in [3.8, 4) is 34.2 Å². The molecule has 0 saturated carbocycles. The molecular formula is C24H16N4O2S2. The van der Waals surface area contributed by atoms with Gasteiger partial charge in [0.15, 0.2) is 5.17 Å². The van der Waals surface area contributed by atoms with Gasteiger partial charge in [0.1, 0.15) is 21.5 Å². The Labute approximate surface area is 192 Å². The van der Waals surface area contributed by atoms with Crippen LogP contribution in [-0.2, 0) is 4.79 Å². The van der Waals surface area contributed by atoms with Crippen molar-refractivity contribution in [2.75, 3.05) is 17.8 Å². The second kappa shape index (κ2) is 8.11. The zero-order valence-electron chi connectivity index (χ0n) is 17.0. The first kappa shape index (κ1) is 20.2. The number of ether oxygens (including phenoxy) is 1. The highest BCUT2D eigenvalue weighted by Crippen LogP contribution is 2.46. The van der Waals surface area contributed by atoms with Gasteiger partial charge in [-0.1, -0.05) is 54.2 Å². The van der Waals surface area contributed by atoms with E-state index >= 15 is 0 Å². The Hall–Kier alpha value is -3.67. The van der Waals surface area contributed by atoms with Crippen LogP contribution < -0.4 is 9.64 Å². The van der Waals surface area contributed by atoms with E-state index in [0.29, 0.717) is 20.8 Å². The molecular weight excluding hydrogens is 440 g/mol. The van der Waals surface area contributed by atoms with Gasteiger partial charge in [0, 0.05) is 10.9 Å². The monoisotopic (exact) mass is 456 g/mol. The van der Waals surface area contributed by atoms with Crippen molar-refractivity contribution < 1.29 is 9.53 Å². The summed E-state index contributed by atoms with van der Waals surface area (Å²) in [5.41, 5.74) is 3.94. The molecule has 0 bridgehead atoms. The minimum Gasteiger partial charge on any atom is -0.497 e. The summed E-state index contributed by atoms with van der Waals surface area (Å²) in [6, 6.07) is 21.7. The summed E-state index contributed by atoms with van der Waals surface area (Å²) in [5.74, 6) is 0.719. The lowest BCUT2D eigenvalue weighted by Crippen LogP contribution is -2.29. The van der Waals surface area contributed by atoms with Crippen LogP contribution in [0.3, 0.4) is 0 Å². The Balaban J connectivity index is 1.84. The van der Waals surface area contributed by atoms with Crippen LogP contribution in [0.15, 0.2) is 60.7 Å². The molecule has 1 N–H and O–H groups in total. The van der Waals surface area contributed by atoms with Gasteiger partial charge in [-0.2, -0.15) is 5.26 Å². The number of hydrogen-bond acceptors (Lipinski definition) is 7. The van der Waals surface area contributed by atoms with Gasteiger partial charge in [-0.05, 0) is 29.3 Å². The number of amides is 1. The molecule has 6 nitrogen and oxygen atoms in total. The molecule has 1 aliphatic rings. The van der Waals surface area contributed by atoms with E-state index in [2.05, 4.69) is 6.07 Å². The summed E-state index contributed by atoms with van der Waals surface area (Å²) >= 11 is 2.41. The third-order valence-electron chi connectivity index (χ3n) is 5.22. The molecule has 0 radical (unpaired) electrons. The van der Waals surface area contributed by atoms with Gasteiger partial charge >= 0.3 is 0 Å². The second-order valence-electron chi connectivity index (χ2n) is 7.04. The maximum absolute atomic E-state index is 12.6. The number of thioether (sulfide) groups is 1. The summed E-state index contributed by atoms with van der Waals surface area (Å²) in [5, 5.41) is 19.0. The van der Waals surface area contributed by atoms with Crippen molar-refractivity contribution in [2.45, 2.75) is 0 Å². The SMILES string of the molecule is COc1ccc(-c2cc(-c3ccccc3)nc3sc(C#N)c(N4C(=N)SCC4=O)c23)cc1. The highest BCUT2D eigenvalue weighted by Gasteiger charge is 2.34. The minimum absolute atomic E-state index is 0.124. The van der Waals surface area contributed by atoms with E-state index in [9.17, 15) is 10.1 Å². The molecule has 2 aromatic heterocycles. The Morgan fingerprint density at radius 1 is 1.12 bits per heavy atom. The fourth-order valence-electron chi connectivity index (χ4n) is 3.73. The minimum atomic E-state index is -0.205. The largest absolute Gasteiger partial charge is 0.497 e. The number of thiophene rings is 1. The predicted octanol–water partition coefficient (Wildman–Crippen LogP) is 5.53. The first-order valence-corrected chi connectivity index (χ1v) is 11.5. The fourth-order valence-corrected chi connectivity index (χ4v) is 5.42. The number of aromatic nitrogens is 1. The van der Waals surface area contributed by atoms with Crippen LogP contribution in [0.25, 0.3) is 32.6 Å². The summed E-state index contributed by atoms with van der Waals surface area (Å²) in [4.78, 5) is 19.8. The molecule has 3 heterocycles.